The zero-order chi connectivity index (χ0) is 20.0. The molecule has 0 heterocycles. The van der Waals surface area contributed by atoms with E-state index in [9.17, 15) is 9.90 Å². The van der Waals surface area contributed by atoms with Crippen molar-refractivity contribution in [2.45, 2.75) is 64.9 Å². The van der Waals surface area contributed by atoms with Crippen LogP contribution in [0.1, 0.15) is 70.4 Å². The Labute approximate surface area is 163 Å². The van der Waals surface area contributed by atoms with Gasteiger partial charge in [0.25, 0.3) is 0 Å². The topological polar surface area (TPSA) is 46.5 Å². The maximum atomic E-state index is 12.5. The van der Waals surface area contributed by atoms with Crippen molar-refractivity contribution in [3.8, 4) is 5.75 Å². The van der Waals surface area contributed by atoms with Crippen molar-refractivity contribution >= 4 is 5.97 Å². The Bertz CT molecular complexity index is 714. The first-order valence-corrected chi connectivity index (χ1v) is 9.72. The molecular formula is C24H32O3. The van der Waals surface area contributed by atoms with Gasteiger partial charge in [0.05, 0.1) is 5.92 Å². The summed E-state index contributed by atoms with van der Waals surface area (Å²) in [6.45, 7) is 9.85. The van der Waals surface area contributed by atoms with Crippen LogP contribution < -0.4 is 0 Å². The number of rotatable bonds is 7. The number of hydrogen-bond donors (Lipinski definition) is 1. The van der Waals surface area contributed by atoms with Gasteiger partial charge in [-0.25, -0.2) is 0 Å². The molecule has 0 amide bonds. The molecule has 0 aliphatic carbocycles. The summed E-state index contributed by atoms with van der Waals surface area (Å²) in [6.07, 6.45) is 1.68. The zero-order valence-electron chi connectivity index (χ0n) is 17.1. The molecule has 3 unspecified atom stereocenters. The molecular weight excluding hydrogens is 336 g/mol. The number of carbonyl (C=O) groups excluding carboxylic acids is 1. The SMILES string of the molecule is CC(CC(CC(C)c1ccc(O)cc1)c1ccccc1)C(=O)OC(C)(C)C. The van der Waals surface area contributed by atoms with Gasteiger partial charge in [-0.1, -0.05) is 56.3 Å². The Morgan fingerprint density at radius 2 is 1.52 bits per heavy atom. The summed E-state index contributed by atoms with van der Waals surface area (Å²) >= 11 is 0. The summed E-state index contributed by atoms with van der Waals surface area (Å²) in [6, 6.07) is 17.8. The molecule has 146 valence electrons. The van der Waals surface area contributed by atoms with E-state index < -0.39 is 5.60 Å². The summed E-state index contributed by atoms with van der Waals surface area (Å²) < 4.78 is 5.57. The third-order valence-electron chi connectivity index (χ3n) is 4.82. The van der Waals surface area contributed by atoms with E-state index in [4.69, 9.17) is 4.74 Å². The minimum atomic E-state index is -0.465. The van der Waals surface area contributed by atoms with Crippen molar-refractivity contribution < 1.29 is 14.6 Å². The highest BCUT2D eigenvalue weighted by atomic mass is 16.6. The molecule has 2 rings (SSSR count). The number of benzene rings is 2. The maximum absolute atomic E-state index is 12.5. The third-order valence-corrected chi connectivity index (χ3v) is 4.82. The van der Waals surface area contributed by atoms with Gasteiger partial charge in [-0.3, -0.25) is 4.79 Å². The number of aromatic hydroxyl groups is 1. The third kappa shape index (κ3) is 6.74. The predicted molar refractivity (Wildman–Crippen MR) is 110 cm³/mol. The van der Waals surface area contributed by atoms with Gasteiger partial charge in [0, 0.05) is 0 Å². The average Bonchev–Trinajstić information content (AvgIpc) is 2.61. The first kappa shape index (κ1) is 21.0. The lowest BCUT2D eigenvalue weighted by Gasteiger charge is -2.26. The molecule has 3 atom stereocenters. The number of esters is 1. The lowest BCUT2D eigenvalue weighted by atomic mass is 9.81. The molecule has 0 saturated carbocycles. The Morgan fingerprint density at radius 3 is 2.07 bits per heavy atom. The van der Waals surface area contributed by atoms with E-state index in [0.717, 1.165) is 12.8 Å². The molecule has 0 aliphatic heterocycles. The summed E-state index contributed by atoms with van der Waals surface area (Å²) in [7, 11) is 0. The summed E-state index contributed by atoms with van der Waals surface area (Å²) in [5, 5.41) is 9.52. The monoisotopic (exact) mass is 368 g/mol. The van der Waals surface area contributed by atoms with Gasteiger partial charge in [-0.05, 0) is 68.7 Å². The zero-order valence-corrected chi connectivity index (χ0v) is 17.1. The Morgan fingerprint density at radius 1 is 0.926 bits per heavy atom. The van der Waals surface area contributed by atoms with E-state index in [-0.39, 0.29) is 23.6 Å². The van der Waals surface area contributed by atoms with Crippen LogP contribution in [0.25, 0.3) is 0 Å². The molecule has 0 aromatic heterocycles. The fourth-order valence-electron chi connectivity index (χ4n) is 3.38. The van der Waals surface area contributed by atoms with Crippen molar-refractivity contribution in [1.29, 1.82) is 0 Å². The van der Waals surface area contributed by atoms with Crippen LogP contribution >= 0.6 is 0 Å². The van der Waals surface area contributed by atoms with Crippen LogP contribution in [0, 0.1) is 5.92 Å². The predicted octanol–water partition coefficient (Wildman–Crippen LogP) is 6.04. The largest absolute Gasteiger partial charge is 0.508 e. The van der Waals surface area contributed by atoms with Gasteiger partial charge >= 0.3 is 5.97 Å². The van der Waals surface area contributed by atoms with Crippen molar-refractivity contribution in [1.82, 2.24) is 0 Å². The van der Waals surface area contributed by atoms with E-state index >= 15 is 0 Å². The first-order chi connectivity index (χ1) is 12.7. The fourth-order valence-corrected chi connectivity index (χ4v) is 3.38. The van der Waals surface area contributed by atoms with E-state index in [1.165, 1.54) is 11.1 Å². The van der Waals surface area contributed by atoms with Crippen molar-refractivity contribution in [3.05, 3.63) is 65.7 Å². The molecule has 0 saturated heterocycles. The summed E-state index contributed by atoms with van der Waals surface area (Å²) in [5.74, 6) is 0.561. The van der Waals surface area contributed by atoms with Gasteiger partial charge < -0.3 is 9.84 Å². The average molecular weight is 369 g/mol. The van der Waals surface area contributed by atoms with E-state index in [1.807, 2.05) is 58.0 Å². The molecule has 2 aromatic rings. The van der Waals surface area contributed by atoms with Crippen LogP contribution in [0.15, 0.2) is 54.6 Å². The molecule has 3 nitrogen and oxygen atoms in total. The van der Waals surface area contributed by atoms with E-state index in [2.05, 4.69) is 19.1 Å². The van der Waals surface area contributed by atoms with Crippen LogP contribution in [-0.4, -0.2) is 16.7 Å². The van der Waals surface area contributed by atoms with Crippen LogP contribution in [0.2, 0.25) is 0 Å². The molecule has 0 fully saturated rings. The lowest BCUT2D eigenvalue weighted by Crippen LogP contribution is -2.28. The van der Waals surface area contributed by atoms with Crippen molar-refractivity contribution in [3.63, 3.8) is 0 Å². The molecule has 1 N–H and O–H groups in total. The molecule has 27 heavy (non-hydrogen) atoms. The van der Waals surface area contributed by atoms with Crippen LogP contribution in [0.5, 0.6) is 5.75 Å². The van der Waals surface area contributed by atoms with Gasteiger partial charge in [0.15, 0.2) is 0 Å². The lowest BCUT2D eigenvalue weighted by molar-refractivity contribution is -0.159. The van der Waals surface area contributed by atoms with E-state index in [1.54, 1.807) is 12.1 Å². The first-order valence-electron chi connectivity index (χ1n) is 9.72. The second kappa shape index (κ2) is 9.07. The van der Waals surface area contributed by atoms with Crippen molar-refractivity contribution in [2.75, 3.05) is 0 Å². The van der Waals surface area contributed by atoms with Gasteiger partial charge in [0.1, 0.15) is 11.4 Å². The minimum absolute atomic E-state index is 0.138. The number of phenols is 1. The van der Waals surface area contributed by atoms with Crippen LogP contribution in [0.3, 0.4) is 0 Å². The number of ether oxygens (including phenoxy) is 1. The standard InChI is InChI=1S/C24H32O3/c1-17(19-11-13-22(25)14-12-19)15-21(20-9-7-6-8-10-20)16-18(2)23(26)27-24(3,4)5/h6-14,17-18,21,25H,15-16H2,1-5H3. The minimum Gasteiger partial charge on any atom is -0.508 e. The normalized spacial score (nSPS) is 15.0. The van der Waals surface area contributed by atoms with Crippen LogP contribution in [-0.2, 0) is 9.53 Å². The van der Waals surface area contributed by atoms with Gasteiger partial charge in [-0.15, -0.1) is 0 Å². The van der Waals surface area contributed by atoms with Crippen molar-refractivity contribution in [2.24, 2.45) is 5.92 Å². The maximum Gasteiger partial charge on any atom is 0.309 e. The van der Waals surface area contributed by atoms with Crippen LogP contribution in [0.4, 0.5) is 0 Å². The second-order valence-electron chi connectivity index (χ2n) is 8.51. The number of carbonyl (C=O) groups is 1. The molecule has 0 bridgehead atoms. The highest BCUT2D eigenvalue weighted by Gasteiger charge is 2.26. The molecule has 2 aromatic carbocycles. The molecule has 0 radical (unpaired) electrons. The molecule has 0 spiro atoms. The smallest absolute Gasteiger partial charge is 0.309 e. The summed E-state index contributed by atoms with van der Waals surface area (Å²) in [4.78, 5) is 12.5. The highest BCUT2D eigenvalue weighted by molar-refractivity contribution is 5.72. The Kier molecular flexibility index (Phi) is 7.06. The number of phenolic OH excluding ortho intramolecular Hbond substituents is 1. The highest BCUT2D eigenvalue weighted by Crippen LogP contribution is 2.35. The van der Waals surface area contributed by atoms with Gasteiger partial charge in [0.2, 0.25) is 0 Å². The second-order valence-corrected chi connectivity index (χ2v) is 8.51. The Balaban J connectivity index is 2.14. The summed E-state index contributed by atoms with van der Waals surface area (Å²) in [5.41, 5.74) is 1.98. The number of hydrogen-bond acceptors (Lipinski definition) is 3. The van der Waals surface area contributed by atoms with Gasteiger partial charge in [-0.2, -0.15) is 0 Å². The molecule has 0 aliphatic rings. The Hall–Kier alpha value is -2.29. The van der Waals surface area contributed by atoms with E-state index in [0.29, 0.717) is 5.92 Å². The quantitative estimate of drug-likeness (QED) is 0.606. The fraction of sp³-hybridized carbons (Fsp3) is 0.458. The molecule has 3 heteroatoms.